The molecule has 3 rings (SSSR count). The van der Waals surface area contributed by atoms with Crippen molar-refractivity contribution < 1.29 is 0 Å². The van der Waals surface area contributed by atoms with Crippen molar-refractivity contribution in [1.82, 2.24) is 14.8 Å². The van der Waals surface area contributed by atoms with Crippen molar-refractivity contribution in [3.8, 4) is 10.6 Å². The van der Waals surface area contributed by atoms with E-state index in [1.165, 1.54) is 11.3 Å². The molecule has 108 valence electrons. The fourth-order valence-corrected chi connectivity index (χ4v) is 4.11. The molecule has 3 heterocycles. The summed E-state index contributed by atoms with van der Waals surface area (Å²) in [4.78, 5) is 9.58. The third-order valence-corrected chi connectivity index (χ3v) is 5.39. The van der Waals surface area contributed by atoms with Crippen LogP contribution < -0.4 is 5.73 Å². The second-order valence-corrected chi connectivity index (χ2v) is 6.92. The van der Waals surface area contributed by atoms with E-state index in [0.717, 1.165) is 31.2 Å². The predicted molar refractivity (Wildman–Crippen MR) is 86.2 cm³/mol. The lowest BCUT2D eigenvalue weighted by Gasteiger charge is -2.39. The van der Waals surface area contributed by atoms with Crippen LogP contribution in [0.15, 0.2) is 22.2 Å². The van der Waals surface area contributed by atoms with Crippen LogP contribution in [0, 0.1) is 0 Å². The molecule has 0 bridgehead atoms. The van der Waals surface area contributed by atoms with Crippen LogP contribution >= 0.6 is 22.7 Å². The molecule has 1 aliphatic heterocycles. The Morgan fingerprint density at radius 3 is 3.05 bits per heavy atom. The molecule has 2 aromatic heterocycles. The van der Waals surface area contributed by atoms with E-state index in [9.17, 15) is 0 Å². The number of hydrogen-bond acceptors (Lipinski definition) is 6. The number of thiazole rings is 1. The Morgan fingerprint density at radius 1 is 1.40 bits per heavy atom. The van der Waals surface area contributed by atoms with E-state index in [2.05, 4.69) is 39.1 Å². The zero-order valence-electron chi connectivity index (χ0n) is 11.7. The summed E-state index contributed by atoms with van der Waals surface area (Å²) in [6.07, 6.45) is 0. The van der Waals surface area contributed by atoms with Gasteiger partial charge in [-0.05, 0) is 18.5 Å². The van der Waals surface area contributed by atoms with Gasteiger partial charge in [0, 0.05) is 55.1 Å². The Morgan fingerprint density at radius 2 is 2.30 bits per heavy atom. The van der Waals surface area contributed by atoms with Gasteiger partial charge in [0.15, 0.2) is 0 Å². The Labute approximate surface area is 127 Å². The van der Waals surface area contributed by atoms with Gasteiger partial charge in [-0.15, -0.1) is 11.3 Å². The van der Waals surface area contributed by atoms with Crippen molar-refractivity contribution >= 4 is 22.7 Å². The molecule has 2 N–H and O–H groups in total. The molecule has 0 amide bonds. The van der Waals surface area contributed by atoms with E-state index in [4.69, 9.17) is 10.7 Å². The van der Waals surface area contributed by atoms with Gasteiger partial charge in [-0.25, -0.2) is 4.98 Å². The van der Waals surface area contributed by atoms with Gasteiger partial charge in [0.1, 0.15) is 5.01 Å². The molecule has 0 radical (unpaired) electrons. The number of nitrogens with zero attached hydrogens (tertiary/aromatic N) is 3. The number of hydrogen-bond donors (Lipinski definition) is 1. The van der Waals surface area contributed by atoms with Gasteiger partial charge in [-0.3, -0.25) is 4.90 Å². The van der Waals surface area contributed by atoms with Crippen molar-refractivity contribution in [2.24, 2.45) is 5.73 Å². The van der Waals surface area contributed by atoms with Crippen molar-refractivity contribution in [2.75, 3.05) is 33.2 Å². The predicted octanol–water partition coefficient (Wildman–Crippen LogP) is 1.95. The Hall–Kier alpha value is -0.790. The second kappa shape index (κ2) is 6.32. The molecule has 6 heteroatoms. The highest BCUT2D eigenvalue weighted by molar-refractivity contribution is 7.14. The van der Waals surface area contributed by atoms with Gasteiger partial charge in [-0.2, -0.15) is 11.3 Å². The molecule has 4 nitrogen and oxygen atoms in total. The molecular weight excluding hydrogens is 288 g/mol. The summed E-state index contributed by atoms with van der Waals surface area (Å²) < 4.78 is 0. The third-order valence-electron chi connectivity index (χ3n) is 3.76. The molecule has 0 aromatic carbocycles. The summed E-state index contributed by atoms with van der Waals surface area (Å²) in [5.41, 5.74) is 8.31. The summed E-state index contributed by atoms with van der Waals surface area (Å²) in [7, 11) is 2.16. The first-order chi connectivity index (χ1) is 9.76. The molecule has 0 aliphatic carbocycles. The average molecular weight is 308 g/mol. The van der Waals surface area contributed by atoms with Crippen LogP contribution in [0.25, 0.3) is 10.6 Å². The van der Waals surface area contributed by atoms with Crippen LogP contribution in [0.3, 0.4) is 0 Å². The summed E-state index contributed by atoms with van der Waals surface area (Å²) in [5, 5.41) is 7.56. The van der Waals surface area contributed by atoms with Crippen molar-refractivity contribution in [3.05, 3.63) is 27.9 Å². The molecule has 1 saturated heterocycles. The lowest BCUT2D eigenvalue weighted by molar-refractivity contribution is 0.0872. The number of piperazine rings is 1. The second-order valence-electron chi connectivity index (χ2n) is 5.28. The summed E-state index contributed by atoms with van der Waals surface area (Å²) in [6, 6.07) is 2.58. The molecule has 2 aromatic rings. The van der Waals surface area contributed by atoms with E-state index < -0.39 is 0 Å². The minimum absolute atomic E-state index is 0.444. The van der Waals surface area contributed by atoms with Gasteiger partial charge in [0.25, 0.3) is 0 Å². The first-order valence-electron chi connectivity index (χ1n) is 6.86. The van der Waals surface area contributed by atoms with Gasteiger partial charge < -0.3 is 10.6 Å². The number of thiophene rings is 1. The van der Waals surface area contributed by atoms with Crippen molar-refractivity contribution in [2.45, 2.75) is 12.6 Å². The van der Waals surface area contributed by atoms with Gasteiger partial charge in [-0.1, -0.05) is 0 Å². The van der Waals surface area contributed by atoms with Gasteiger partial charge in [0.2, 0.25) is 0 Å². The zero-order valence-corrected chi connectivity index (χ0v) is 13.3. The molecule has 0 saturated carbocycles. The molecule has 20 heavy (non-hydrogen) atoms. The summed E-state index contributed by atoms with van der Waals surface area (Å²) in [5.74, 6) is 0. The molecule has 1 atom stereocenters. The fraction of sp³-hybridized carbons (Fsp3) is 0.500. The number of likely N-dealkylation sites (N-methyl/N-ethyl adjacent to an activating group) is 1. The first-order valence-corrected chi connectivity index (χ1v) is 8.68. The molecule has 0 spiro atoms. The third kappa shape index (κ3) is 3.10. The van der Waals surface area contributed by atoms with Crippen LogP contribution in [-0.2, 0) is 6.54 Å². The average Bonchev–Trinajstić information content (AvgIpc) is 3.11. The number of rotatable bonds is 4. The molecule has 1 aliphatic rings. The minimum atomic E-state index is 0.444. The molecule has 1 unspecified atom stereocenters. The maximum Gasteiger partial charge on any atom is 0.124 e. The minimum Gasteiger partial charge on any atom is -0.329 e. The van der Waals surface area contributed by atoms with E-state index in [-0.39, 0.29) is 0 Å². The maximum atomic E-state index is 5.91. The van der Waals surface area contributed by atoms with Crippen LogP contribution in [0.1, 0.15) is 5.69 Å². The van der Waals surface area contributed by atoms with E-state index in [1.807, 2.05) is 0 Å². The normalized spacial score (nSPS) is 21.4. The van der Waals surface area contributed by atoms with Crippen molar-refractivity contribution in [1.29, 1.82) is 0 Å². The zero-order chi connectivity index (χ0) is 13.9. The monoisotopic (exact) mass is 308 g/mol. The highest BCUT2D eigenvalue weighted by atomic mass is 32.1. The highest BCUT2D eigenvalue weighted by Crippen LogP contribution is 2.26. The lowest BCUT2D eigenvalue weighted by Crippen LogP contribution is -2.54. The summed E-state index contributed by atoms with van der Waals surface area (Å²) >= 11 is 3.45. The van der Waals surface area contributed by atoms with Crippen LogP contribution in [0.4, 0.5) is 0 Å². The van der Waals surface area contributed by atoms with Crippen LogP contribution in [-0.4, -0.2) is 54.1 Å². The Balaban J connectivity index is 1.68. The topological polar surface area (TPSA) is 45.4 Å². The standard InChI is InChI=1S/C14H20N4S2/c1-17-3-4-18(13(6-15)8-17)7-12-10-20-14(16-12)11-2-5-19-9-11/h2,5,9-10,13H,3-4,6-8,15H2,1H3. The smallest absolute Gasteiger partial charge is 0.124 e. The van der Waals surface area contributed by atoms with Gasteiger partial charge >= 0.3 is 0 Å². The number of aromatic nitrogens is 1. The molecule has 1 fully saturated rings. The maximum absolute atomic E-state index is 5.91. The lowest BCUT2D eigenvalue weighted by atomic mass is 10.1. The van der Waals surface area contributed by atoms with Crippen LogP contribution in [0.2, 0.25) is 0 Å². The summed E-state index contributed by atoms with van der Waals surface area (Å²) in [6.45, 7) is 4.86. The largest absolute Gasteiger partial charge is 0.329 e. The molecular formula is C14H20N4S2. The van der Waals surface area contributed by atoms with Gasteiger partial charge in [0.05, 0.1) is 5.69 Å². The van der Waals surface area contributed by atoms with Crippen LogP contribution in [0.5, 0.6) is 0 Å². The highest BCUT2D eigenvalue weighted by Gasteiger charge is 2.24. The van der Waals surface area contributed by atoms with E-state index >= 15 is 0 Å². The number of nitrogens with two attached hydrogens (primary N) is 1. The first kappa shape index (κ1) is 14.2. The van der Waals surface area contributed by atoms with Crippen molar-refractivity contribution in [3.63, 3.8) is 0 Å². The van der Waals surface area contributed by atoms with E-state index in [0.29, 0.717) is 12.6 Å². The Kier molecular flexibility index (Phi) is 4.48. The Bertz CT molecular complexity index is 537. The quantitative estimate of drug-likeness (QED) is 0.938. The van der Waals surface area contributed by atoms with E-state index in [1.54, 1.807) is 22.7 Å². The SMILES string of the molecule is CN1CCN(Cc2csc(-c3ccsc3)n2)C(CN)C1. The fourth-order valence-electron chi connectivity index (χ4n) is 2.59.